The molecule has 1 aliphatic rings. The predicted octanol–water partition coefficient (Wildman–Crippen LogP) is 2.69. The minimum Gasteiger partial charge on any atom is -0.366 e. The van der Waals surface area contributed by atoms with Crippen LogP contribution >= 0.6 is 12.2 Å². The summed E-state index contributed by atoms with van der Waals surface area (Å²) in [7, 11) is 4.03. The van der Waals surface area contributed by atoms with Crippen LogP contribution in [-0.4, -0.2) is 28.2 Å². The lowest BCUT2D eigenvalue weighted by Crippen LogP contribution is -2.41. The van der Waals surface area contributed by atoms with Crippen molar-refractivity contribution in [2.24, 2.45) is 13.0 Å². The van der Waals surface area contributed by atoms with Gasteiger partial charge in [-0.1, -0.05) is 6.92 Å². The Kier molecular flexibility index (Phi) is 4.27. The molecule has 1 aromatic heterocycles. The normalized spacial score (nSPS) is 24.7. The molecule has 1 saturated heterocycles. The maximum absolute atomic E-state index is 5.47. The van der Waals surface area contributed by atoms with Gasteiger partial charge in [0.1, 0.15) is 0 Å². The Morgan fingerprint density at radius 2 is 2.17 bits per heavy atom. The molecule has 0 spiro atoms. The highest BCUT2D eigenvalue weighted by atomic mass is 32.1. The molecular formula is C14H23N3S. The molecule has 0 bridgehead atoms. The molecule has 0 radical (unpaired) electrons. The van der Waals surface area contributed by atoms with Crippen molar-refractivity contribution in [3.05, 3.63) is 24.0 Å². The van der Waals surface area contributed by atoms with E-state index in [2.05, 4.69) is 47.1 Å². The number of aryl methyl sites for hydroxylation is 1. The molecule has 1 N–H and O–H groups in total. The zero-order valence-corrected chi connectivity index (χ0v) is 12.3. The zero-order chi connectivity index (χ0) is 13.1. The van der Waals surface area contributed by atoms with Crippen molar-refractivity contribution < 1.29 is 0 Å². The minimum absolute atomic E-state index is 0.412. The lowest BCUT2D eigenvalue weighted by Gasteiger charge is -2.32. The van der Waals surface area contributed by atoms with E-state index in [1.54, 1.807) is 0 Å². The van der Waals surface area contributed by atoms with Crippen molar-refractivity contribution >= 4 is 17.3 Å². The number of hydrogen-bond acceptors (Lipinski definition) is 1. The second-order valence-corrected chi connectivity index (χ2v) is 5.67. The van der Waals surface area contributed by atoms with E-state index in [4.69, 9.17) is 12.2 Å². The van der Waals surface area contributed by atoms with Crippen LogP contribution in [0.5, 0.6) is 0 Å². The van der Waals surface area contributed by atoms with Gasteiger partial charge in [0, 0.05) is 32.5 Å². The van der Waals surface area contributed by atoms with Gasteiger partial charge in [-0.05, 0) is 49.5 Å². The first kappa shape index (κ1) is 13.4. The van der Waals surface area contributed by atoms with Gasteiger partial charge in [0.25, 0.3) is 0 Å². The number of aromatic nitrogens is 1. The number of likely N-dealkylation sites (tertiary alicyclic amines) is 1. The number of thiocarbonyl (C=S) groups is 1. The van der Waals surface area contributed by atoms with E-state index in [9.17, 15) is 0 Å². The first-order valence-electron chi connectivity index (χ1n) is 6.73. The Bertz CT molecular complexity index is 413. The van der Waals surface area contributed by atoms with Gasteiger partial charge in [-0.2, -0.15) is 0 Å². The van der Waals surface area contributed by atoms with Gasteiger partial charge in [-0.25, -0.2) is 0 Å². The number of rotatable bonds is 1. The van der Waals surface area contributed by atoms with Crippen molar-refractivity contribution in [2.75, 3.05) is 13.6 Å². The van der Waals surface area contributed by atoms with Gasteiger partial charge in [-0.3, -0.25) is 0 Å². The zero-order valence-electron chi connectivity index (χ0n) is 11.5. The molecule has 0 aromatic carbocycles. The molecule has 3 nitrogen and oxygen atoms in total. The summed E-state index contributed by atoms with van der Waals surface area (Å²) in [6, 6.07) is 4.74. The van der Waals surface area contributed by atoms with Crippen LogP contribution in [0.25, 0.3) is 0 Å². The molecule has 2 atom stereocenters. The Morgan fingerprint density at radius 3 is 2.78 bits per heavy atom. The number of nitrogens with zero attached hydrogens (tertiary/aromatic N) is 2. The van der Waals surface area contributed by atoms with E-state index in [1.165, 1.54) is 25.0 Å². The first-order valence-corrected chi connectivity index (χ1v) is 7.14. The lowest BCUT2D eigenvalue weighted by molar-refractivity contribution is 0.308. The van der Waals surface area contributed by atoms with E-state index < -0.39 is 0 Å². The van der Waals surface area contributed by atoms with Gasteiger partial charge in [-0.15, -0.1) is 0 Å². The van der Waals surface area contributed by atoms with Gasteiger partial charge < -0.3 is 14.8 Å². The maximum atomic E-state index is 5.47. The average Bonchev–Trinajstić information content (AvgIpc) is 2.68. The van der Waals surface area contributed by atoms with Gasteiger partial charge >= 0.3 is 0 Å². The smallest absolute Gasteiger partial charge is 0.169 e. The summed E-state index contributed by atoms with van der Waals surface area (Å²) in [4.78, 5) is 2.36. The van der Waals surface area contributed by atoms with Crippen molar-refractivity contribution in [3.63, 3.8) is 0 Å². The minimum atomic E-state index is 0.412. The van der Waals surface area contributed by atoms with Crippen LogP contribution in [0, 0.1) is 5.92 Å². The first-order chi connectivity index (χ1) is 8.63. The van der Waals surface area contributed by atoms with Crippen molar-refractivity contribution in [3.8, 4) is 0 Å². The second-order valence-electron chi connectivity index (χ2n) is 5.28. The lowest BCUT2D eigenvalue weighted by atomic mass is 10.0. The van der Waals surface area contributed by atoms with Crippen LogP contribution in [-0.2, 0) is 7.05 Å². The summed E-state index contributed by atoms with van der Waals surface area (Å²) < 4.78 is 2.21. The molecule has 2 heterocycles. The summed E-state index contributed by atoms with van der Waals surface area (Å²) in [5.74, 6) is 0.789. The van der Waals surface area contributed by atoms with Crippen molar-refractivity contribution in [2.45, 2.75) is 32.2 Å². The molecule has 0 unspecified atom stereocenters. The Hall–Kier alpha value is -1.03. The van der Waals surface area contributed by atoms with E-state index in [0.29, 0.717) is 6.04 Å². The quantitative estimate of drug-likeness (QED) is 0.788. The second kappa shape index (κ2) is 5.74. The monoisotopic (exact) mass is 265 g/mol. The highest BCUT2D eigenvalue weighted by molar-refractivity contribution is 7.80. The van der Waals surface area contributed by atoms with E-state index in [0.717, 1.165) is 17.6 Å². The molecule has 0 saturated carbocycles. The molecule has 100 valence electrons. The molecule has 0 aliphatic carbocycles. The van der Waals surface area contributed by atoms with Crippen molar-refractivity contribution in [1.29, 1.82) is 0 Å². The Balaban J connectivity index is 2.27. The Labute approximate surface area is 115 Å². The highest BCUT2D eigenvalue weighted by Gasteiger charge is 2.27. The molecule has 1 aliphatic heterocycles. The van der Waals surface area contributed by atoms with Gasteiger partial charge in [0.2, 0.25) is 0 Å². The fourth-order valence-electron chi connectivity index (χ4n) is 2.77. The molecule has 18 heavy (non-hydrogen) atoms. The SMILES string of the molecule is CNC(=S)N1CC[C@@H](C)CC[C@@H]1c1cccn1C. The van der Waals surface area contributed by atoms with E-state index in [-0.39, 0.29) is 0 Å². The van der Waals surface area contributed by atoms with Gasteiger partial charge in [0.05, 0.1) is 6.04 Å². The molecular weight excluding hydrogens is 242 g/mol. The van der Waals surface area contributed by atoms with E-state index >= 15 is 0 Å². The third kappa shape index (κ3) is 2.69. The van der Waals surface area contributed by atoms with Crippen LogP contribution in [0.4, 0.5) is 0 Å². The summed E-state index contributed by atoms with van der Waals surface area (Å²) in [5.41, 5.74) is 1.36. The fraction of sp³-hybridized carbons (Fsp3) is 0.643. The van der Waals surface area contributed by atoms with Crippen LogP contribution in [0.15, 0.2) is 18.3 Å². The molecule has 4 heteroatoms. The van der Waals surface area contributed by atoms with E-state index in [1.807, 2.05) is 7.05 Å². The van der Waals surface area contributed by atoms with Crippen molar-refractivity contribution in [1.82, 2.24) is 14.8 Å². The number of hydrogen-bond donors (Lipinski definition) is 1. The van der Waals surface area contributed by atoms with Crippen LogP contribution < -0.4 is 5.32 Å². The largest absolute Gasteiger partial charge is 0.366 e. The maximum Gasteiger partial charge on any atom is 0.169 e. The summed E-state index contributed by atoms with van der Waals surface area (Å²) >= 11 is 5.47. The fourth-order valence-corrected chi connectivity index (χ4v) is 2.99. The third-order valence-corrected chi connectivity index (χ3v) is 4.41. The van der Waals surface area contributed by atoms with Crippen LogP contribution in [0.1, 0.15) is 37.9 Å². The third-order valence-electron chi connectivity index (χ3n) is 3.97. The predicted molar refractivity (Wildman–Crippen MR) is 79.5 cm³/mol. The standard InChI is InChI=1S/C14H23N3S/c1-11-6-7-13(12-5-4-9-16(12)3)17(10-8-11)14(18)15-2/h4-5,9,11,13H,6-8,10H2,1-3H3,(H,15,18)/t11-,13+/m0/s1. The molecule has 1 fully saturated rings. The van der Waals surface area contributed by atoms with Crippen LogP contribution in [0.3, 0.4) is 0 Å². The summed E-state index contributed by atoms with van der Waals surface area (Å²) in [6.45, 7) is 3.39. The van der Waals surface area contributed by atoms with Gasteiger partial charge in [0.15, 0.2) is 5.11 Å². The molecule has 0 amide bonds. The number of nitrogens with one attached hydrogen (secondary N) is 1. The Morgan fingerprint density at radius 1 is 1.39 bits per heavy atom. The molecule has 2 rings (SSSR count). The topological polar surface area (TPSA) is 20.2 Å². The average molecular weight is 265 g/mol. The highest BCUT2D eigenvalue weighted by Crippen LogP contribution is 2.32. The summed E-state index contributed by atoms with van der Waals surface area (Å²) in [6.07, 6.45) is 5.80. The summed E-state index contributed by atoms with van der Waals surface area (Å²) in [5, 5.41) is 4.01. The van der Waals surface area contributed by atoms with Crippen LogP contribution in [0.2, 0.25) is 0 Å². The molecule has 1 aromatic rings.